The first-order chi connectivity index (χ1) is 4.30. The highest BCUT2D eigenvalue weighted by molar-refractivity contribution is 5.73. The van der Waals surface area contributed by atoms with Crippen molar-refractivity contribution in [2.24, 2.45) is 0 Å². The van der Waals surface area contributed by atoms with Gasteiger partial charge in [-0.25, -0.2) is 0 Å². The molecule has 0 radical (unpaired) electrons. The van der Waals surface area contributed by atoms with Crippen molar-refractivity contribution in [2.75, 3.05) is 6.54 Å². The summed E-state index contributed by atoms with van der Waals surface area (Å²) in [6.07, 6.45) is 4.42. The molecule has 1 atom stereocenters. The number of hydrogen-bond donors (Lipinski definition) is 2. The van der Waals surface area contributed by atoms with E-state index in [1.54, 1.807) is 0 Å². The molecule has 0 aliphatic carbocycles. The van der Waals surface area contributed by atoms with Crippen molar-refractivity contribution in [1.29, 1.82) is 0 Å². The minimum absolute atomic E-state index is 0. The number of nitrogens with one attached hydrogen (secondary N) is 1. The molecule has 0 saturated carbocycles. The molecule has 0 aromatic heterocycles. The molecule has 0 amide bonds. The SMILES string of the molecule is C.O=C(O)C1CC=CCN1. The number of aliphatic carboxylic acids is 1. The van der Waals surface area contributed by atoms with Crippen LogP contribution in [0.4, 0.5) is 0 Å². The minimum atomic E-state index is -0.764. The number of carboxylic acids is 1. The van der Waals surface area contributed by atoms with Gasteiger partial charge in [0, 0.05) is 6.54 Å². The van der Waals surface area contributed by atoms with Crippen molar-refractivity contribution < 1.29 is 9.90 Å². The van der Waals surface area contributed by atoms with Gasteiger partial charge in [0.05, 0.1) is 0 Å². The maximum atomic E-state index is 10.3. The second-order valence-corrected chi connectivity index (χ2v) is 2.01. The molecule has 0 saturated heterocycles. The van der Waals surface area contributed by atoms with Gasteiger partial charge in [0.2, 0.25) is 0 Å². The van der Waals surface area contributed by atoms with Crippen molar-refractivity contribution in [1.82, 2.24) is 5.32 Å². The third kappa shape index (κ3) is 2.19. The van der Waals surface area contributed by atoms with Gasteiger partial charge in [-0.2, -0.15) is 0 Å². The molecule has 1 heterocycles. The van der Waals surface area contributed by atoms with Gasteiger partial charge in [0.15, 0.2) is 0 Å². The van der Waals surface area contributed by atoms with E-state index in [1.807, 2.05) is 12.2 Å². The van der Waals surface area contributed by atoms with E-state index in [0.29, 0.717) is 13.0 Å². The van der Waals surface area contributed by atoms with E-state index in [4.69, 9.17) is 5.11 Å². The lowest BCUT2D eigenvalue weighted by Gasteiger charge is -2.13. The van der Waals surface area contributed by atoms with Gasteiger partial charge < -0.3 is 10.4 Å². The second kappa shape index (κ2) is 4.06. The van der Waals surface area contributed by atoms with Crippen molar-refractivity contribution in [2.45, 2.75) is 19.9 Å². The first-order valence-electron chi connectivity index (χ1n) is 2.92. The zero-order valence-electron chi connectivity index (χ0n) is 5.00. The van der Waals surface area contributed by atoms with Gasteiger partial charge in [0.25, 0.3) is 0 Å². The van der Waals surface area contributed by atoms with Gasteiger partial charge in [-0.05, 0) is 6.42 Å². The molecule has 1 aliphatic rings. The van der Waals surface area contributed by atoms with Gasteiger partial charge in [-0.15, -0.1) is 0 Å². The van der Waals surface area contributed by atoms with Crippen molar-refractivity contribution >= 4 is 5.97 Å². The summed E-state index contributed by atoms with van der Waals surface area (Å²) in [7, 11) is 0. The average molecular weight is 143 g/mol. The lowest BCUT2D eigenvalue weighted by Crippen LogP contribution is -2.38. The summed E-state index contributed by atoms with van der Waals surface area (Å²) in [6, 6.07) is -0.366. The molecule has 0 aromatic rings. The molecule has 0 bridgehead atoms. The third-order valence-electron chi connectivity index (χ3n) is 1.32. The molecule has 1 unspecified atom stereocenters. The normalized spacial score (nSPS) is 23.4. The molecule has 0 spiro atoms. The minimum Gasteiger partial charge on any atom is -0.480 e. The van der Waals surface area contributed by atoms with E-state index in [0.717, 1.165) is 0 Å². The van der Waals surface area contributed by atoms with Crippen LogP contribution in [0.1, 0.15) is 13.8 Å². The van der Waals surface area contributed by atoms with Gasteiger partial charge in [0.1, 0.15) is 6.04 Å². The highest BCUT2D eigenvalue weighted by Crippen LogP contribution is 1.97. The first-order valence-corrected chi connectivity index (χ1v) is 2.92. The fourth-order valence-electron chi connectivity index (χ4n) is 0.797. The first kappa shape index (κ1) is 9.17. The van der Waals surface area contributed by atoms with Gasteiger partial charge in [-0.1, -0.05) is 19.6 Å². The third-order valence-corrected chi connectivity index (χ3v) is 1.32. The van der Waals surface area contributed by atoms with E-state index in [9.17, 15) is 4.79 Å². The summed E-state index contributed by atoms with van der Waals surface area (Å²) in [5.74, 6) is -0.764. The summed E-state index contributed by atoms with van der Waals surface area (Å²) in [5, 5.41) is 11.3. The van der Waals surface area contributed by atoms with E-state index in [-0.39, 0.29) is 13.5 Å². The number of carboxylic acid groups (broad SMARTS) is 1. The molecular formula is C7H13NO2. The largest absolute Gasteiger partial charge is 0.480 e. The van der Waals surface area contributed by atoms with Crippen LogP contribution in [0.25, 0.3) is 0 Å². The molecule has 0 aromatic carbocycles. The molecule has 1 aliphatic heterocycles. The Morgan fingerprint density at radius 3 is 2.60 bits per heavy atom. The quantitative estimate of drug-likeness (QED) is 0.529. The molecule has 10 heavy (non-hydrogen) atoms. The predicted molar refractivity (Wildman–Crippen MR) is 39.9 cm³/mol. The Hall–Kier alpha value is -0.830. The van der Waals surface area contributed by atoms with Crippen LogP contribution in [-0.4, -0.2) is 23.7 Å². The Labute approximate surface area is 60.7 Å². The molecule has 3 nitrogen and oxygen atoms in total. The molecule has 1 rings (SSSR count). The zero-order valence-corrected chi connectivity index (χ0v) is 5.00. The summed E-state index contributed by atoms with van der Waals surface area (Å²) in [4.78, 5) is 10.3. The molecular weight excluding hydrogens is 130 g/mol. The van der Waals surface area contributed by atoms with Crippen molar-refractivity contribution in [3.05, 3.63) is 12.2 Å². The summed E-state index contributed by atoms with van der Waals surface area (Å²) < 4.78 is 0. The summed E-state index contributed by atoms with van der Waals surface area (Å²) in [6.45, 7) is 0.678. The number of hydrogen-bond acceptors (Lipinski definition) is 2. The Morgan fingerprint density at radius 2 is 2.30 bits per heavy atom. The van der Waals surface area contributed by atoms with Crippen molar-refractivity contribution in [3.63, 3.8) is 0 Å². The topological polar surface area (TPSA) is 49.3 Å². The van der Waals surface area contributed by atoms with E-state index in [2.05, 4.69) is 5.32 Å². The van der Waals surface area contributed by atoms with Crippen LogP contribution < -0.4 is 5.32 Å². The number of rotatable bonds is 1. The van der Waals surface area contributed by atoms with Crippen LogP contribution in [-0.2, 0) is 4.79 Å². The smallest absolute Gasteiger partial charge is 0.321 e. The highest BCUT2D eigenvalue weighted by Gasteiger charge is 2.15. The van der Waals surface area contributed by atoms with Crippen LogP contribution >= 0.6 is 0 Å². The monoisotopic (exact) mass is 143 g/mol. The fourth-order valence-corrected chi connectivity index (χ4v) is 0.797. The molecule has 2 N–H and O–H groups in total. The fraction of sp³-hybridized carbons (Fsp3) is 0.571. The average Bonchev–Trinajstić information content (AvgIpc) is 1.90. The summed E-state index contributed by atoms with van der Waals surface area (Å²) >= 11 is 0. The Kier molecular flexibility index (Phi) is 3.72. The Morgan fingerprint density at radius 1 is 1.60 bits per heavy atom. The van der Waals surface area contributed by atoms with Crippen LogP contribution in [0.2, 0.25) is 0 Å². The molecule has 3 heteroatoms. The summed E-state index contributed by atoms with van der Waals surface area (Å²) in [5.41, 5.74) is 0. The van der Waals surface area contributed by atoms with Gasteiger partial charge in [-0.3, -0.25) is 4.79 Å². The van der Waals surface area contributed by atoms with E-state index < -0.39 is 5.97 Å². The standard InChI is InChI=1S/C6H9NO2.CH4/c8-6(9)5-3-1-2-4-7-5;/h1-2,5,7H,3-4H2,(H,8,9);1H4. The predicted octanol–water partition coefficient (Wildman–Crippen LogP) is 0.625. The maximum Gasteiger partial charge on any atom is 0.321 e. The van der Waals surface area contributed by atoms with Crippen LogP contribution in [0, 0.1) is 0 Å². The second-order valence-electron chi connectivity index (χ2n) is 2.01. The maximum absolute atomic E-state index is 10.3. The van der Waals surface area contributed by atoms with Crippen molar-refractivity contribution in [3.8, 4) is 0 Å². The highest BCUT2D eigenvalue weighted by atomic mass is 16.4. The van der Waals surface area contributed by atoms with Crippen LogP contribution in [0.3, 0.4) is 0 Å². The van der Waals surface area contributed by atoms with Crippen LogP contribution in [0.15, 0.2) is 12.2 Å². The molecule has 0 fully saturated rings. The lowest BCUT2D eigenvalue weighted by molar-refractivity contribution is -0.139. The number of carbonyl (C=O) groups is 1. The van der Waals surface area contributed by atoms with Gasteiger partial charge >= 0.3 is 5.97 Å². The van der Waals surface area contributed by atoms with Crippen LogP contribution in [0.5, 0.6) is 0 Å². The zero-order chi connectivity index (χ0) is 6.69. The molecule has 58 valence electrons. The Balaban J connectivity index is 0.000000810. The Bertz CT molecular complexity index is 143. The van der Waals surface area contributed by atoms with E-state index in [1.165, 1.54) is 0 Å². The lowest BCUT2D eigenvalue weighted by atomic mass is 10.1. The van der Waals surface area contributed by atoms with E-state index >= 15 is 0 Å².